The van der Waals surface area contributed by atoms with Gasteiger partial charge in [0.2, 0.25) is 23.6 Å². The Morgan fingerprint density at radius 1 is 0.878 bits per heavy atom. The maximum atomic E-state index is 15.4. The number of carbonyl (C=O) groups excluding carboxylic acids is 4. The molecule has 6 atom stereocenters. The third kappa shape index (κ3) is 4.61. The SMILES string of the molecule is C=CCc1cccc([C@H]2C3=CC[C@@H]4C(=O)N(C5CCCCC5)C(=O)[C@@H]4[C@@H]3C[C@H]3C(=O)N(c4cccc(Cl)c4)C(=O)[C@@]23c2ccccc2)c1O. The Labute approximate surface area is 291 Å². The van der Waals surface area contributed by atoms with E-state index in [2.05, 4.69) is 6.58 Å². The lowest BCUT2D eigenvalue weighted by atomic mass is 9.49. The summed E-state index contributed by atoms with van der Waals surface area (Å²) >= 11 is 6.41. The molecule has 0 unspecified atom stereocenters. The van der Waals surface area contributed by atoms with Crippen LogP contribution < -0.4 is 4.90 Å². The lowest BCUT2D eigenvalue weighted by Crippen LogP contribution is -2.53. The summed E-state index contributed by atoms with van der Waals surface area (Å²) in [6.45, 7) is 3.88. The Morgan fingerprint density at radius 3 is 2.37 bits per heavy atom. The van der Waals surface area contributed by atoms with Crippen molar-refractivity contribution in [1.82, 2.24) is 4.90 Å². The van der Waals surface area contributed by atoms with E-state index >= 15 is 4.79 Å². The number of hydrogen-bond acceptors (Lipinski definition) is 5. The summed E-state index contributed by atoms with van der Waals surface area (Å²) in [6, 6.07) is 21.6. The zero-order valence-corrected chi connectivity index (χ0v) is 28.0. The average Bonchev–Trinajstić information content (AvgIpc) is 3.51. The van der Waals surface area contributed by atoms with E-state index in [9.17, 15) is 19.5 Å². The van der Waals surface area contributed by atoms with E-state index in [0.717, 1.165) is 37.7 Å². The second kappa shape index (κ2) is 12.1. The molecule has 49 heavy (non-hydrogen) atoms. The quantitative estimate of drug-likeness (QED) is 0.219. The average molecular weight is 675 g/mol. The molecule has 4 fully saturated rings. The van der Waals surface area contributed by atoms with Gasteiger partial charge in [-0.1, -0.05) is 103 Å². The van der Waals surface area contributed by atoms with Crippen LogP contribution >= 0.6 is 11.6 Å². The van der Waals surface area contributed by atoms with E-state index in [1.165, 1.54) is 4.90 Å². The van der Waals surface area contributed by atoms with Crippen LogP contribution in [0.3, 0.4) is 0 Å². The standard InChI is InChI=1S/C41H39ClN2O5/c1-2-11-24-12-9-19-31(36(24)45)35-29-20-21-30-34(39(48)43(37(30)46)27-16-7-4-8-17-27)32(29)23-33-38(47)44(28-18-10-15-26(42)22-28)40(49)41(33,35)25-13-5-3-6-14-25/h2-3,5-6,9-10,12-15,18-20,22,27,30,32-35,45H,1,4,7-8,11,16-17,21,23H2/t30-,32+,33-,34-,35+,41+/m0/s1. The van der Waals surface area contributed by atoms with Crippen molar-refractivity contribution in [3.8, 4) is 5.75 Å². The predicted molar refractivity (Wildman–Crippen MR) is 187 cm³/mol. The Hall–Kier alpha value is -4.49. The molecule has 3 aromatic carbocycles. The van der Waals surface area contributed by atoms with Gasteiger partial charge in [0.15, 0.2) is 0 Å². The van der Waals surface area contributed by atoms with Gasteiger partial charge in [-0.3, -0.25) is 24.1 Å². The van der Waals surface area contributed by atoms with Crippen LogP contribution in [0.25, 0.3) is 0 Å². The molecule has 8 rings (SSSR count). The smallest absolute Gasteiger partial charge is 0.246 e. The number of fused-ring (bicyclic) bond motifs is 4. The number of rotatable bonds is 6. The van der Waals surface area contributed by atoms with Crippen LogP contribution in [0.5, 0.6) is 5.75 Å². The molecule has 250 valence electrons. The summed E-state index contributed by atoms with van der Waals surface area (Å²) in [6.07, 6.45) is 9.48. The molecule has 3 aromatic rings. The molecular weight excluding hydrogens is 636 g/mol. The Morgan fingerprint density at radius 2 is 1.63 bits per heavy atom. The number of aromatic hydroxyl groups is 1. The normalized spacial score (nSPS) is 29.8. The number of nitrogens with zero attached hydrogens (tertiary/aromatic N) is 2. The number of phenols is 1. The molecule has 3 aliphatic carbocycles. The molecule has 2 aliphatic heterocycles. The molecule has 5 aliphatic rings. The van der Waals surface area contributed by atoms with Gasteiger partial charge >= 0.3 is 0 Å². The monoisotopic (exact) mass is 674 g/mol. The zero-order chi connectivity index (χ0) is 34.0. The van der Waals surface area contributed by atoms with Gasteiger partial charge in [-0.25, -0.2) is 4.90 Å². The van der Waals surface area contributed by atoms with Crippen LogP contribution in [0.4, 0.5) is 5.69 Å². The van der Waals surface area contributed by atoms with E-state index in [1.54, 1.807) is 35.2 Å². The number of allylic oxidation sites excluding steroid dienone is 3. The second-order valence-electron chi connectivity index (χ2n) is 14.3. The molecular formula is C41H39ClN2O5. The number of phenolic OH excluding ortho intramolecular Hbond substituents is 1. The summed E-state index contributed by atoms with van der Waals surface area (Å²) < 4.78 is 0. The number of hydrogen-bond donors (Lipinski definition) is 1. The molecule has 8 heteroatoms. The third-order valence-corrected chi connectivity index (χ3v) is 12.2. The van der Waals surface area contributed by atoms with E-state index in [0.29, 0.717) is 40.2 Å². The Kier molecular flexibility index (Phi) is 7.86. The lowest BCUT2D eigenvalue weighted by Gasteiger charge is -2.51. The third-order valence-electron chi connectivity index (χ3n) is 12.0. The lowest BCUT2D eigenvalue weighted by molar-refractivity contribution is -0.143. The summed E-state index contributed by atoms with van der Waals surface area (Å²) in [5.74, 6) is -4.25. The van der Waals surface area contributed by atoms with Gasteiger partial charge in [0, 0.05) is 22.5 Å². The first-order valence-electron chi connectivity index (χ1n) is 17.5. The van der Waals surface area contributed by atoms with Crippen molar-refractivity contribution in [2.45, 2.75) is 68.7 Å². The minimum atomic E-state index is -1.44. The van der Waals surface area contributed by atoms with Gasteiger partial charge in [-0.2, -0.15) is 0 Å². The highest BCUT2D eigenvalue weighted by molar-refractivity contribution is 6.32. The Balaban J connectivity index is 1.36. The predicted octanol–water partition coefficient (Wildman–Crippen LogP) is 7.27. The molecule has 2 saturated carbocycles. The van der Waals surface area contributed by atoms with Crippen molar-refractivity contribution in [3.63, 3.8) is 0 Å². The van der Waals surface area contributed by atoms with Crippen LogP contribution in [-0.2, 0) is 31.0 Å². The number of amides is 4. The van der Waals surface area contributed by atoms with Gasteiger partial charge in [-0.05, 0) is 67.3 Å². The van der Waals surface area contributed by atoms with E-state index in [-0.39, 0.29) is 35.9 Å². The molecule has 0 spiro atoms. The molecule has 0 aromatic heterocycles. The topological polar surface area (TPSA) is 95.0 Å². The minimum absolute atomic E-state index is 0.0456. The van der Waals surface area contributed by atoms with Crippen LogP contribution in [0.2, 0.25) is 5.02 Å². The summed E-state index contributed by atoms with van der Waals surface area (Å²) in [5.41, 5.74) is 1.63. The first kappa shape index (κ1) is 31.8. The maximum absolute atomic E-state index is 15.4. The number of imide groups is 2. The van der Waals surface area contributed by atoms with Crippen LogP contribution in [0.15, 0.2) is 97.1 Å². The first-order valence-corrected chi connectivity index (χ1v) is 17.8. The van der Waals surface area contributed by atoms with Gasteiger partial charge in [0.05, 0.1) is 28.9 Å². The largest absolute Gasteiger partial charge is 0.507 e. The highest BCUT2D eigenvalue weighted by atomic mass is 35.5. The van der Waals surface area contributed by atoms with Gasteiger partial charge < -0.3 is 5.11 Å². The highest BCUT2D eigenvalue weighted by Gasteiger charge is 2.70. The molecule has 4 amide bonds. The fraction of sp³-hybridized carbons (Fsp3) is 0.366. The van der Waals surface area contributed by atoms with Crippen molar-refractivity contribution in [1.29, 1.82) is 0 Å². The number of halogens is 1. The molecule has 0 bridgehead atoms. The van der Waals surface area contributed by atoms with Gasteiger partial charge in [0.25, 0.3) is 0 Å². The van der Waals surface area contributed by atoms with E-state index in [4.69, 9.17) is 11.6 Å². The minimum Gasteiger partial charge on any atom is -0.507 e. The Bertz CT molecular complexity index is 1920. The van der Waals surface area contributed by atoms with Gasteiger partial charge in [0.1, 0.15) is 5.75 Å². The fourth-order valence-electron chi connectivity index (χ4n) is 9.98. The van der Waals surface area contributed by atoms with Crippen LogP contribution in [0.1, 0.15) is 67.6 Å². The number of anilines is 1. The number of para-hydroxylation sites is 1. The van der Waals surface area contributed by atoms with Crippen molar-refractivity contribution in [2.24, 2.45) is 23.7 Å². The van der Waals surface area contributed by atoms with Crippen LogP contribution in [0, 0.1) is 23.7 Å². The first-order chi connectivity index (χ1) is 23.8. The number of benzene rings is 3. The van der Waals surface area contributed by atoms with Gasteiger partial charge in [-0.15, -0.1) is 6.58 Å². The second-order valence-corrected chi connectivity index (χ2v) is 14.7. The summed E-state index contributed by atoms with van der Waals surface area (Å²) in [5, 5.41) is 12.4. The highest BCUT2D eigenvalue weighted by Crippen LogP contribution is 2.65. The van der Waals surface area contributed by atoms with Crippen molar-refractivity contribution in [2.75, 3.05) is 4.90 Å². The number of likely N-dealkylation sites (tertiary alicyclic amines) is 1. The van der Waals surface area contributed by atoms with E-state index < -0.39 is 40.9 Å². The zero-order valence-electron chi connectivity index (χ0n) is 27.3. The van der Waals surface area contributed by atoms with Crippen molar-refractivity contribution >= 4 is 40.9 Å². The van der Waals surface area contributed by atoms with E-state index in [1.807, 2.05) is 54.6 Å². The number of carbonyl (C=O) groups is 4. The van der Waals surface area contributed by atoms with Crippen molar-refractivity contribution < 1.29 is 24.3 Å². The molecule has 1 N–H and O–H groups in total. The summed E-state index contributed by atoms with van der Waals surface area (Å²) in [4.78, 5) is 61.6. The molecule has 7 nitrogen and oxygen atoms in total. The molecule has 2 saturated heterocycles. The maximum Gasteiger partial charge on any atom is 0.246 e. The molecule has 2 heterocycles. The summed E-state index contributed by atoms with van der Waals surface area (Å²) in [7, 11) is 0. The fourth-order valence-corrected chi connectivity index (χ4v) is 10.2. The van der Waals surface area contributed by atoms with Crippen LogP contribution in [-0.4, -0.2) is 39.7 Å². The molecule has 0 radical (unpaired) electrons. The van der Waals surface area contributed by atoms with Crippen molar-refractivity contribution in [3.05, 3.63) is 119 Å².